The van der Waals surface area contributed by atoms with Crippen molar-refractivity contribution in [3.05, 3.63) is 46.6 Å². The van der Waals surface area contributed by atoms with Crippen LogP contribution in [0.5, 0.6) is 0 Å². The summed E-state index contributed by atoms with van der Waals surface area (Å²) in [5.41, 5.74) is 3.17. The normalized spacial score (nSPS) is 13.9. The standard InChI is InChI=1S/C29H33FN8O2S/c1-7-38-26(35(6)27-33-24(21(17-31)41-27)19-8-10-20(30)11-9-19)25-23(34-38)18(2)16-22(32-25)36-12-14-37(15-13-36)28(39)40-29(3,4)5/h8-11,16H,7,12-15H2,1-6H3. The van der Waals surface area contributed by atoms with Gasteiger partial charge in [-0.05, 0) is 70.5 Å². The smallest absolute Gasteiger partial charge is 0.410 e. The van der Waals surface area contributed by atoms with Gasteiger partial charge in [-0.15, -0.1) is 0 Å². The summed E-state index contributed by atoms with van der Waals surface area (Å²) in [6.07, 6.45) is -0.301. The number of benzene rings is 1. The van der Waals surface area contributed by atoms with Crippen molar-refractivity contribution in [3.8, 4) is 17.3 Å². The Hall–Kier alpha value is -4.24. The Morgan fingerprint density at radius 1 is 1.15 bits per heavy atom. The lowest BCUT2D eigenvalue weighted by Gasteiger charge is -2.36. The van der Waals surface area contributed by atoms with E-state index in [-0.39, 0.29) is 11.9 Å². The minimum atomic E-state index is -0.537. The fourth-order valence-corrected chi connectivity index (χ4v) is 5.65. The maximum Gasteiger partial charge on any atom is 0.410 e. The Morgan fingerprint density at radius 3 is 2.44 bits per heavy atom. The van der Waals surface area contributed by atoms with Crippen molar-refractivity contribution < 1.29 is 13.9 Å². The number of hydrogen-bond donors (Lipinski definition) is 0. The highest BCUT2D eigenvalue weighted by Gasteiger charge is 2.28. The lowest BCUT2D eigenvalue weighted by Crippen LogP contribution is -2.50. The van der Waals surface area contributed by atoms with E-state index in [0.29, 0.717) is 54.0 Å². The zero-order chi connectivity index (χ0) is 29.5. The number of carbonyl (C=O) groups excluding carboxylic acids is 1. The largest absolute Gasteiger partial charge is 0.444 e. The summed E-state index contributed by atoms with van der Waals surface area (Å²) in [6, 6.07) is 10.2. The molecular weight excluding hydrogens is 543 g/mol. The number of hydrogen-bond acceptors (Lipinski definition) is 9. The van der Waals surface area contributed by atoms with Gasteiger partial charge in [-0.3, -0.25) is 0 Å². The van der Waals surface area contributed by atoms with Crippen LogP contribution in [0.25, 0.3) is 22.3 Å². The number of amides is 1. The van der Waals surface area contributed by atoms with E-state index in [0.717, 1.165) is 28.2 Å². The van der Waals surface area contributed by atoms with Crippen LogP contribution in [0.15, 0.2) is 30.3 Å². The monoisotopic (exact) mass is 576 g/mol. The number of anilines is 3. The molecule has 3 aromatic heterocycles. The Balaban J connectivity index is 1.47. The summed E-state index contributed by atoms with van der Waals surface area (Å²) < 4.78 is 20.9. The summed E-state index contributed by atoms with van der Waals surface area (Å²) in [5, 5.41) is 15.3. The third-order valence-corrected chi connectivity index (χ3v) is 7.88. The minimum absolute atomic E-state index is 0.301. The van der Waals surface area contributed by atoms with Gasteiger partial charge < -0.3 is 19.4 Å². The molecular formula is C29H33FN8O2S. The maximum atomic E-state index is 13.5. The molecule has 1 aromatic carbocycles. The minimum Gasteiger partial charge on any atom is -0.444 e. The average Bonchev–Trinajstić information content (AvgIpc) is 3.54. The molecule has 41 heavy (non-hydrogen) atoms. The van der Waals surface area contributed by atoms with Crippen molar-refractivity contribution >= 4 is 45.2 Å². The zero-order valence-corrected chi connectivity index (χ0v) is 24.9. The number of carbonyl (C=O) groups is 1. The molecule has 12 heteroatoms. The van der Waals surface area contributed by atoms with Crippen LogP contribution < -0.4 is 9.80 Å². The van der Waals surface area contributed by atoms with Crippen molar-refractivity contribution in [2.24, 2.45) is 0 Å². The number of nitriles is 1. The highest BCUT2D eigenvalue weighted by atomic mass is 32.1. The van der Waals surface area contributed by atoms with Crippen molar-refractivity contribution in [2.45, 2.75) is 46.8 Å². The van der Waals surface area contributed by atoms with Crippen molar-refractivity contribution in [2.75, 3.05) is 43.0 Å². The van der Waals surface area contributed by atoms with Crippen molar-refractivity contribution in [3.63, 3.8) is 0 Å². The van der Waals surface area contributed by atoms with E-state index in [1.54, 1.807) is 17.0 Å². The van der Waals surface area contributed by atoms with E-state index in [1.165, 1.54) is 23.5 Å². The first-order valence-corrected chi connectivity index (χ1v) is 14.3. The lowest BCUT2D eigenvalue weighted by molar-refractivity contribution is 0.0240. The third kappa shape index (κ3) is 5.67. The van der Waals surface area contributed by atoms with Crippen LogP contribution in [-0.4, -0.2) is 69.6 Å². The molecule has 0 aliphatic carbocycles. The van der Waals surface area contributed by atoms with Crippen LogP contribution in [0.4, 0.5) is 26.0 Å². The Bertz CT molecular complexity index is 1630. The molecule has 0 bridgehead atoms. The van der Waals surface area contributed by atoms with Crippen LogP contribution in [0.2, 0.25) is 0 Å². The molecule has 0 radical (unpaired) electrons. The molecule has 4 heterocycles. The zero-order valence-electron chi connectivity index (χ0n) is 24.1. The summed E-state index contributed by atoms with van der Waals surface area (Å²) in [4.78, 5) is 28.6. The molecule has 4 aromatic rings. The lowest BCUT2D eigenvalue weighted by atomic mass is 10.1. The first-order valence-electron chi connectivity index (χ1n) is 13.5. The van der Waals surface area contributed by atoms with Gasteiger partial charge in [-0.25, -0.2) is 23.8 Å². The molecule has 1 aliphatic rings. The van der Waals surface area contributed by atoms with Crippen LogP contribution in [-0.2, 0) is 11.3 Å². The molecule has 0 unspecified atom stereocenters. The number of aromatic nitrogens is 4. The van der Waals surface area contributed by atoms with Gasteiger partial charge >= 0.3 is 6.09 Å². The van der Waals surface area contributed by atoms with Gasteiger partial charge in [0, 0.05) is 45.3 Å². The Kier molecular flexibility index (Phi) is 7.57. The summed E-state index contributed by atoms with van der Waals surface area (Å²) in [7, 11) is 1.89. The van der Waals surface area contributed by atoms with Gasteiger partial charge in [0.25, 0.3) is 0 Å². The number of rotatable bonds is 5. The number of ether oxygens (including phenoxy) is 1. The van der Waals surface area contributed by atoms with E-state index in [2.05, 4.69) is 11.0 Å². The number of aryl methyl sites for hydroxylation is 2. The molecule has 1 saturated heterocycles. The quantitative estimate of drug-likeness (QED) is 0.297. The topological polar surface area (TPSA) is 103 Å². The van der Waals surface area contributed by atoms with Gasteiger partial charge in [0.1, 0.15) is 44.9 Å². The van der Waals surface area contributed by atoms with Gasteiger partial charge in [0.15, 0.2) is 10.9 Å². The second-order valence-corrected chi connectivity index (χ2v) is 11.9. The molecule has 0 spiro atoms. The average molecular weight is 577 g/mol. The number of pyridine rings is 1. The molecule has 0 saturated carbocycles. The van der Waals surface area contributed by atoms with Crippen LogP contribution >= 0.6 is 11.3 Å². The van der Waals surface area contributed by atoms with Crippen molar-refractivity contribution in [1.82, 2.24) is 24.6 Å². The fraction of sp³-hybridized carbons (Fsp3) is 0.414. The summed E-state index contributed by atoms with van der Waals surface area (Å²) in [6.45, 7) is 12.6. The van der Waals surface area contributed by atoms with E-state index < -0.39 is 5.60 Å². The number of thiazole rings is 1. The van der Waals surface area contributed by atoms with Crippen LogP contribution in [0.1, 0.15) is 38.1 Å². The number of halogens is 1. The van der Waals surface area contributed by atoms with Crippen molar-refractivity contribution in [1.29, 1.82) is 5.26 Å². The number of nitrogens with zero attached hydrogens (tertiary/aromatic N) is 8. The molecule has 214 valence electrons. The number of piperazine rings is 1. The summed E-state index contributed by atoms with van der Waals surface area (Å²) >= 11 is 1.27. The second kappa shape index (κ2) is 11.0. The Labute approximate surface area is 242 Å². The first-order chi connectivity index (χ1) is 19.5. The van der Waals surface area contributed by atoms with E-state index in [1.807, 2.05) is 57.3 Å². The maximum absolute atomic E-state index is 13.5. The molecule has 1 fully saturated rings. The van der Waals surface area contributed by atoms with Gasteiger partial charge in [-0.2, -0.15) is 10.4 Å². The highest BCUT2D eigenvalue weighted by molar-refractivity contribution is 7.16. The Morgan fingerprint density at radius 2 is 1.83 bits per heavy atom. The van der Waals surface area contributed by atoms with Gasteiger partial charge in [0.2, 0.25) is 0 Å². The predicted molar refractivity (Wildman–Crippen MR) is 158 cm³/mol. The van der Waals surface area contributed by atoms with E-state index in [9.17, 15) is 14.4 Å². The number of fused-ring (bicyclic) bond motifs is 1. The molecule has 5 rings (SSSR count). The SMILES string of the molecule is CCn1nc2c(C)cc(N3CCN(C(=O)OC(C)(C)C)CC3)nc2c1N(C)c1nc(-c2ccc(F)cc2)c(C#N)s1. The predicted octanol–water partition coefficient (Wildman–Crippen LogP) is 5.72. The fourth-order valence-electron chi connectivity index (χ4n) is 4.80. The second-order valence-electron chi connectivity index (χ2n) is 10.9. The van der Waals surface area contributed by atoms with E-state index >= 15 is 0 Å². The molecule has 1 aliphatic heterocycles. The van der Waals surface area contributed by atoms with Crippen LogP contribution in [0.3, 0.4) is 0 Å². The van der Waals surface area contributed by atoms with Crippen LogP contribution in [0, 0.1) is 24.1 Å². The van der Waals surface area contributed by atoms with E-state index in [4.69, 9.17) is 19.8 Å². The van der Waals surface area contributed by atoms with Gasteiger partial charge in [0.05, 0.1) is 0 Å². The summed E-state index contributed by atoms with van der Waals surface area (Å²) in [5.74, 6) is 1.23. The molecule has 0 atom stereocenters. The molecule has 10 nitrogen and oxygen atoms in total. The van der Waals surface area contributed by atoms with Gasteiger partial charge in [-0.1, -0.05) is 11.3 Å². The molecule has 0 N–H and O–H groups in total. The molecule has 1 amide bonds. The highest BCUT2D eigenvalue weighted by Crippen LogP contribution is 2.38. The third-order valence-electron chi connectivity index (χ3n) is 6.84. The first kappa shape index (κ1) is 28.3.